The standard InChI is InChI=1S/C9H12ClN3O/c10-9-12-4-2-8(13-9)14-6-7-1-3-11-5-7/h2,4,7,11H,1,3,5-6H2. The van der Waals surface area contributed by atoms with Crippen LogP contribution in [0.1, 0.15) is 6.42 Å². The average Bonchev–Trinajstić information content (AvgIpc) is 2.67. The molecule has 2 heterocycles. The summed E-state index contributed by atoms with van der Waals surface area (Å²) in [7, 11) is 0. The van der Waals surface area contributed by atoms with Gasteiger partial charge in [0.25, 0.3) is 0 Å². The maximum atomic E-state index is 5.63. The van der Waals surface area contributed by atoms with Crippen LogP contribution in [0, 0.1) is 5.92 Å². The molecule has 1 unspecified atom stereocenters. The van der Waals surface area contributed by atoms with Crippen LogP contribution in [0.15, 0.2) is 12.3 Å². The van der Waals surface area contributed by atoms with E-state index >= 15 is 0 Å². The van der Waals surface area contributed by atoms with Crippen LogP contribution < -0.4 is 10.1 Å². The molecule has 0 spiro atoms. The first-order valence-corrected chi connectivity index (χ1v) is 5.04. The Hall–Kier alpha value is -0.870. The fourth-order valence-corrected chi connectivity index (χ4v) is 1.60. The summed E-state index contributed by atoms with van der Waals surface area (Å²) >= 11 is 5.63. The van der Waals surface area contributed by atoms with E-state index in [-0.39, 0.29) is 5.28 Å². The molecule has 1 aromatic heterocycles. The summed E-state index contributed by atoms with van der Waals surface area (Å²) in [6.07, 6.45) is 2.76. The fraction of sp³-hybridized carbons (Fsp3) is 0.556. The Morgan fingerprint density at radius 3 is 3.29 bits per heavy atom. The third kappa shape index (κ3) is 2.56. The molecule has 0 aliphatic carbocycles. The van der Waals surface area contributed by atoms with Gasteiger partial charge in [-0.15, -0.1) is 0 Å². The van der Waals surface area contributed by atoms with Crippen LogP contribution in [0.25, 0.3) is 0 Å². The van der Waals surface area contributed by atoms with Crippen molar-refractivity contribution in [1.29, 1.82) is 0 Å². The summed E-state index contributed by atoms with van der Waals surface area (Å²) in [6, 6.07) is 1.72. The van der Waals surface area contributed by atoms with Gasteiger partial charge in [0.2, 0.25) is 11.2 Å². The van der Waals surface area contributed by atoms with Gasteiger partial charge in [-0.3, -0.25) is 0 Å². The largest absolute Gasteiger partial charge is 0.477 e. The van der Waals surface area contributed by atoms with Crippen molar-refractivity contribution < 1.29 is 4.74 Å². The summed E-state index contributed by atoms with van der Waals surface area (Å²) in [5, 5.41) is 3.51. The van der Waals surface area contributed by atoms with Gasteiger partial charge >= 0.3 is 0 Å². The summed E-state index contributed by atoms with van der Waals surface area (Å²) < 4.78 is 5.50. The minimum Gasteiger partial charge on any atom is -0.477 e. The Labute approximate surface area is 87.7 Å². The van der Waals surface area contributed by atoms with E-state index in [1.54, 1.807) is 12.3 Å². The Kier molecular flexibility index (Phi) is 3.16. The predicted octanol–water partition coefficient (Wildman–Crippen LogP) is 1.12. The van der Waals surface area contributed by atoms with E-state index in [0.29, 0.717) is 18.4 Å². The number of aromatic nitrogens is 2. The Bertz CT molecular complexity index is 302. The summed E-state index contributed by atoms with van der Waals surface area (Å²) in [5.41, 5.74) is 0. The number of nitrogens with zero attached hydrogens (tertiary/aromatic N) is 2. The normalized spacial score (nSPS) is 21.1. The minimum absolute atomic E-state index is 0.229. The molecular formula is C9H12ClN3O. The maximum Gasteiger partial charge on any atom is 0.225 e. The molecule has 1 aromatic rings. The van der Waals surface area contributed by atoms with Crippen LogP contribution in [-0.4, -0.2) is 29.7 Å². The van der Waals surface area contributed by atoms with Crippen LogP contribution in [0.2, 0.25) is 5.28 Å². The first-order valence-electron chi connectivity index (χ1n) is 4.66. The van der Waals surface area contributed by atoms with E-state index in [1.165, 1.54) is 6.42 Å². The molecule has 1 aliphatic heterocycles. The molecule has 1 N–H and O–H groups in total. The highest BCUT2D eigenvalue weighted by Crippen LogP contribution is 2.12. The molecule has 0 radical (unpaired) electrons. The minimum atomic E-state index is 0.229. The molecule has 0 bridgehead atoms. The molecule has 1 aliphatic rings. The van der Waals surface area contributed by atoms with Crippen molar-refractivity contribution >= 4 is 11.6 Å². The average molecular weight is 214 g/mol. The zero-order valence-corrected chi connectivity index (χ0v) is 8.50. The van der Waals surface area contributed by atoms with E-state index in [1.807, 2.05) is 0 Å². The van der Waals surface area contributed by atoms with Gasteiger partial charge in [0.05, 0.1) is 6.61 Å². The van der Waals surface area contributed by atoms with Crippen molar-refractivity contribution in [1.82, 2.24) is 15.3 Å². The first-order chi connectivity index (χ1) is 6.84. The number of hydrogen-bond donors (Lipinski definition) is 1. The molecule has 0 saturated carbocycles. The van der Waals surface area contributed by atoms with E-state index < -0.39 is 0 Å². The van der Waals surface area contributed by atoms with Gasteiger partial charge in [0.15, 0.2) is 0 Å². The first kappa shape index (κ1) is 9.68. The smallest absolute Gasteiger partial charge is 0.225 e. The van der Waals surface area contributed by atoms with Gasteiger partial charge in [-0.1, -0.05) is 0 Å². The lowest BCUT2D eigenvalue weighted by atomic mass is 10.1. The lowest BCUT2D eigenvalue weighted by Gasteiger charge is -2.09. The number of hydrogen-bond acceptors (Lipinski definition) is 4. The maximum absolute atomic E-state index is 5.63. The molecule has 1 saturated heterocycles. The number of rotatable bonds is 3. The number of halogens is 1. The van der Waals surface area contributed by atoms with E-state index in [2.05, 4.69) is 15.3 Å². The zero-order chi connectivity index (χ0) is 9.80. The van der Waals surface area contributed by atoms with E-state index in [4.69, 9.17) is 16.3 Å². The summed E-state index contributed by atoms with van der Waals surface area (Å²) in [6.45, 7) is 2.80. The molecule has 1 fully saturated rings. The SMILES string of the molecule is Clc1nccc(OCC2CCNC2)n1. The lowest BCUT2D eigenvalue weighted by molar-refractivity contribution is 0.250. The van der Waals surface area contributed by atoms with Crippen molar-refractivity contribution in [2.75, 3.05) is 19.7 Å². The molecular weight excluding hydrogens is 202 g/mol. The van der Waals surface area contributed by atoms with Crippen molar-refractivity contribution in [3.8, 4) is 5.88 Å². The molecule has 5 heteroatoms. The third-order valence-corrected chi connectivity index (χ3v) is 2.41. The highest BCUT2D eigenvalue weighted by atomic mass is 35.5. The van der Waals surface area contributed by atoms with E-state index in [0.717, 1.165) is 13.1 Å². The lowest BCUT2D eigenvalue weighted by Crippen LogP contribution is -2.15. The third-order valence-electron chi connectivity index (χ3n) is 2.23. The van der Waals surface area contributed by atoms with Crippen molar-refractivity contribution in [2.45, 2.75) is 6.42 Å². The Morgan fingerprint density at radius 1 is 1.64 bits per heavy atom. The van der Waals surface area contributed by atoms with Gasteiger partial charge in [-0.05, 0) is 24.6 Å². The van der Waals surface area contributed by atoms with Gasteiger partial charge in [-0.25, -0.2) is 4.98 Å². The van der Waals surface area contributed by atoms with Crippen LogP contribution >= 0.6 is 11.6 Å². The van der Waals surface area contributed by atoms with Gasteiger partial charge in [0.1, 0.15) is 0 Å². The number of ether oxygens (including phenoxy) is 1. The number of nitrogens with one attached hydrogen (secondary N) is 1. The van der Waals surface area contributed by atoms with Crippen LogP contribution in [-0.2, 0) is 0 Å². The molecule has 0 amide bonds. The predicted molar refractivity (Wildman–Crippen MR) is 53.5 cm³/mol. The second-order valence-corrected chi connectivity index (χ2v) is 3.67. The van der Waals surface area contributed by atoms with Crippen LogP contribution in [0.5, 0.6) is 5.88 Å². The molecule has 2 rings (SSSR count). The van der Waals surface area contributed by atoms with Crippen molar-refractivity contribution in [3.05, 3.63) is 17.5 Å². The van der Waals surface area contributed by atoms with Crippen molar-refractivity contribution in [3.63, 3.8) is 0 Å². The van der Waals surface area contributed by atoms with Crippen LogP contribution in [0.4, 0.5) is 0 Å². The second-order valence-electron chi connectivity index (χ2n) is 3.33. The quantitative estimate of drug-likeness (QED) is 0.765. The zero-order valence-electron chi connectivity index (χ0n) is 7.74. The highest BCUT2D eigenvalue weighted by Gasteiger charge is 2.15. The second kappa shape index (κ2) is 4.57. The topological polar surface area (TPSA) is 47.0 Å². The monoisotopic (exact) mass is 213 g/mol. The van der Waals surface area contributed by atoms with Gasteiger partial charge in [0, 0.05) is 24.7 Å². The molecule has 1 atom stereocenters. The molecule has 14 heavy (non-hydrogen) atoms. The van der Waals surface area contributed by atoms with Crippen LogP contribution in [0.3, 0.4) is 0 Å². The molecule has 76 valence electrons. The molecule has 4 nitrogen and oxygen atoms in total. The van der Waals surface area contributed by atoms with Gasteiger partial charge in [-0.2, -0.15) is 4.98 Å². The van der Waals surface area contributed by atoms with Crippen molar-refractivity contribution in [2.24, 2.45) is 5.92 Å². The van der Waals surface area contributed by atoms with Gasteiger partial charge < -0.3 is 10.1 Å². The molecule has 0 aromatic carbocycles. The van der Waals surface area contributed by atoms with E-state index in [9.17, 15) is 0 Å². The summed E-state index contributed by atoms with van der Waals surface area (Å²) in [5.74, 6) is 1.14. The Balaban J connectivity index is 1.85. The highest BCUT2D eigenvalue weighted by molar-refractivity contribution is 6.28. The summed E-state index contributed by atoms with van der Waals surface area (Å²) in [4.78, 5) is 7.73. The fourth-order valence-electron chi connectivity index (χ4n) is 1.46. The Morgan fingerprint density at radius 2 is 2.57 bits per heavy atom.